The molecule has 5 nitrogen and oxygen atoms in total. The summed E-state index contributed by atoms with van der Waals surface area (Å²) in [5, 5.41) is 2.70. The molecule has 1 fully saturated rings. The zero-order valence-electron chi connectivity index (χ0n) is 12.7. The largest absolute Gasteiger partial charge is 0.351 e. The molecule has 0 saturated carbocycles. The lowest BCUT2D eigenvalue weighted by molar-refractivity contribution is -0.132. The third kappa shape index (κ3) is 3.40. The third-order valence-electron chi connectivity index (χ3n) is 3.90. The van der Waals surface area contributed by atoms with E-state index in [1.165, 1.54) is 4.90 Å². The monoisotopic (exact) mass is 331 g/mol. The Labute approximate surface area is 137 Å². The van der Waals surface area contributed by atoms with E-state index < -0.39 is 29.4 Å². The van der Waals surface area contributed by atoms with Crippen LogP contribution in [0.1, 0.15) is 12.0 Å². The molecule has 7 heteroatoms. The van der Waals surface area contributed by atoms with Gasteiger partial charge in [0.1, 0.15) is 17.6 Å². The topological polar surface area (TPSA) is 62.3 Å². The Hall–Kier alpha value is -2.83. The van der Waals surface area contributed by atoms with E-state index in [1.54, 1.807) is 24.5 Å². The van der Waals surface area contributed by atoms with Crippen molar-refractivity contribution in [1.29, 1.82) is 0 Å². The van der Waals surface area contributed by atoms with Gasteiger partial charge in [0.15, 0.2) is 0 Å². The fourth-order valence-corrected chi connectivity index (χ4v) is 2.69. The molecule has 1 saturated heterocycles. The molecule has 0 spiro atoms. The van der Waals surface area contributed by atoms with E-state index in [9.17, 15) is 18.4 Å². The number of carbonyl (C=O) groups excluding carboxylic acids is 2. The normalized spacial score (nSPS) is 17.2. The number of halogens is 2. The number of rotatable bonds is 4. The minimum atomic E-state index is -0.849. The smallest absolute Gasteiger partial charge is 0.239 e. The van der Waals surface area contributed by atoms with Gasteiger partial charge in [0.25, 0.3) is 0 Å². The molecule has 3 rings (SSSR count). The Bertz CT molecular complexity index is 747. The molecule has 2 heterocycles. The zero-order chi connectivity index (χ0) is 17.1. The highest BCUT2D eigenvalue weighted by Gasteiger charge is 2.37. The fraction of sp³-hybridized carbons (Fsp3) is 0.235. The van der Waals surface area contributed by atoms with Crippen LogP contribution in [0.5, 0.6) is 0 Å². The van der Waals surface area contributed by atoms with Crippen LogP contribution in [0.25, 0.3) is 0 Å². The van der Waals surface area contributed by atoms with Crippen LogP contribution < -0.4 is 10.2 Å². The average molecular weight is 331 g/mol. The van der Waals surface area contributed by atoms with Crippen molar-refractivity contribution in [3.05, 3.63) is 59.9 Å². The molecule has 1 unspecified atom stereocenters. The summed E-state index contributed by atoms with van der Waals surface area (Å²) in [6.45, 7) is 0.537. The molecule has 124 valence electrons. The Morgan fingerprint density at radius 3 is 2.54 bits per heavy atom. The predicted octanol–water partition coefficient (Wildman–Crippen LogP) is 2.03. The number of nitrogens with one attached hydrogen (secondary N) is 1. The lowest BCUT2D eigenvalue weighted by atomic mass is 10.1. The minimum Gasteiger partial charge on any atom is -0.351 e. The lowest BCUT2D eigenvalue weighted by Crippen LogP contribution is -2.36. The highest BCUT2D eigenvalue weighted by atomic mass is 19.1. The van der Waals surface area contributed by atoms with Crippen molar-refractivity contribution in [2.45, 2.75) is 13.0 Å². The maximum atomic E-state index is 13.3. The van der Waals surface area contributed by atoms with Crippen molar-refractivity contribution in [2.24, 2.45) is 5.92 Å². The zero-order valence-corrected chi connectivity index (χ0v) is 12.7. The van der Waals surface area contributed by atoms with E-state index in [-0.39, 0.29) is 12.2 Å². The number of anilines is 1. The van der Waals surface area contributed by atoms with Crippen LogP contribution in [0, 0.1) is 17.6 Å². The number of pyridine rings is 1. The van der Waals surface area contributed by atoms with Crippen LogP contribution in [0.4, 0.5) is 14.5 Å². The van der Waals surface area contributed by atoms with Gasteiger partial charge in [-0.25, -0.2) is 8.78 Å². The summed E-state index contributed by atoms with van der Waals surface area (Å²) < 4.78 is 26.6. The van der Waals surface area contributed by atoms with Crippen molar-refractivity contribution >= 4 is 17.5 Å². The van der Waals surface area contributed by atoms with Gasteiger partial charge >= 0.3 is 0 Å². The Balaban J connectivity index is 1.66. The maximum absolute atomic E-state index is 13.3. The maximum Gasteiger partial charge on any atom is 0.239 e. The second-order valence-corrected chi connectivity index (χ2v) is 5.53. The quantitative estimate of drug-likeness (QED) is 0.872. The standard InChI is InChI=1S/C17H15F2N3O2/c18-12-7-13(19)9-14(8-12)22-6-3-15(17(22)24)16(23)21-10-11-1-4-20-5-2-11/h1-2,4-5,7-9,15H,3,6,10H2,(H,21,23). The fourth-order valence-electron chi connectivity index (χ4n) is 2.69. The number of amides is 2. The molecular weight excluding hydrogens is 316 g/mol. The summed E-state index contributed by atoms with van der Waals surface area (Å²) >= 11 is 0. The predicted molar refractivity (Wildman–Crippen MR) is 82.9 cm³/mol. The first-order chi connectivity index (χ1) is 11.5. The van der Waals surface area contributed by atoms with E-state index in [1.807, 2.05) is 0 Å². The van der Waals surface area contributed by atoms with Crippen LogP contribution in [-0.4, -0.2) is 23.3 Å². The van der Waals surface area contributed by atoms with Crippen LogP contribution in [0.3, 0.4) is 0 Å². The molecule has 1 N–H and O–H groups in total. The molecule has 1 aromatic heterocycles. The van der Waals surface area contributed by atoms with Crippen molar-refractivity contribution in [2.75, 3.05) is 11.4 Å². The van der Waals surface area contributed by atoms with Crippen molar-refractivity contribution in [1.82, 2.24) is 10.3 Å². The van der Waals surface area contributed by atoms with Gasteiger partial charge in [-0.2, -0.15) is 0 Å². The highest BCUT2D eigenvalue weighted by molar-refractivity contribution is 6.09. The summed E-state index contributed by atoms with van der Waals surface area (Å²) in [4.78, 5) is 29.7. The Kier molecular flexibility index (Phi) is 4.50. The van der Waals surface area contributed by atoms with E-state index in [0.717, 1.165) is 23.8 Å². The van der Waals surface area contributed by atoms with Gasteiger partial charge in [-0.3, -0.25) is 14.6 Å². The first kappa shape index (κ1) is 16.0. The molecule has 1 aromatic carbocycles. The molecular formula is C17H15F2N3O2. The summed E-state index contributed by atoms with van der Waals surface area (Å²) in [7, 11) is 0. The average Bonchev–Trinajstić information content (AvgIpc) is 2.94. The van der Waals surface area contributed by atoms with E-state index in [2.05, 4.69) is 10.3 Å². The summed E-state index contributed by atoms with van der Waals surface area (Å²) in [5.74, 6) is -3.21. The Morgan fingerprint density at radius 2 is 1.88 bits per heavy atom. The molecule has 0 bridgehead atoms. The molecule has 24 heavy (non-hydrogen) atoms. The van der Waals surface area contributed by atoms with Crippen molar-refractivity contribution < 1.29 is 18.4 Å². The molecule has 2 amide bonds. The minimum absolute atomic E-state index is 0.127. The van der Waals surface area contributed by atoms with Crippen molar-refractivity contribution in [3.63, 3.8) is 0 Å². The molecule has 0 aliphatic carbocycles. The van der Waals surface area contributed by atoms with Gasteiger partial charge in [-0.15, -0.1) is 0 Å². The van der Waals surface area contributed by atoms with E-state index in [4.69, 9.17) is 0 Å². The molecule has 1 atom stereocenters. The molecule has 0 radical (unpaired) electrons. The van der Waals surface area contributed by atoms with Gasteiger partial charge < -0.3 is 10.2 Å². The third-order valence-corrected chi connectivity index (χ3v) is 3.90. The van der Waals surface area contributed by atoms with Crippen LogP contribution in [0.15, 0.2) is 42.7 Å². The van der Waals surface area contributed by atoms with Crippen molar-refractivity contribution in [3.8, 4) is 0 Å². The number of nitrogens with zero attached hydrogens (tertiary/aromatic N) is 2. The van der Waals surface area contributed by atoms with E-state index in [0.29, 0.717) is 13.0 Å². The highest BCUT2D eigenvalue weighted by Crippen LogP contribution is 2.26. The molecule has 1 aliphatic rings. The van der Waals surface area contributed by atoms with E-state index >= 15 is 0 Å². The molecule has 1 aliphatic heterocycles. The summed E-state index contributed by atoms with van der Waals surface area (Å²) in [6.07, 6.45) is 3.53. The van der Waals surface area contributed by atoms with Gasteiger partial charge in [0.2, 0.25) is 11.8 Å². The molecule has 2 aromatic rings. The first-order valence-corrected chi connectivity index (χ1v) is 7.48. The van der Waals surface area contributed by atoms with Crippen LogP contribution >= 0.6 is 0 Å². The number of aromatic nitrogens is 1. The number of carbonyl (C=O) groups is 2. The summed E-state index contributed by atoms with van der Waals surface area (Å²) in [5.41, 5.74) is 0.995. The SMILES string of the molecule is O=C(NCc1ccncc1)C1CCN(c2cc(F)cc(F)c2)C1=O. The first-order valence-electron chi connectivity index (χ1n) is 7.48. The second-order valence-electron chi connectivity index (χ2n) is 5.53. The van der Waals surface area contributed by atoms with Gasteiger partial charge in [-0.1, -0.05) is 0 Å². The summed E-state index contributed by atoms with van der Waals surface area (Å²) in [6, 6.07) is 6.43. The number of hydrogen-bond donors (Lipinski definition) is 1. The van der Waals surface area contributed by atoms with Gasteiger partial charge in [-0.05, 0) is 36.2 Å². The number of hydrogen-bond acceptors (Lipinski definition) is 3. The van der Waals surface area contributed by atoms with Gasteiger partial charge in [0.05, 0.1) is 0 Å². The number of benzene rings is 1. The van der Waals surface area contributed by atoms with Gasteiger partial charge in [0, 0.05) is 37.2 Å². The second kappa shape index (κ2) is 6.74. The van der Waals surface area contributed by atoms with Crippen LogP contribution in [-0.2, 0) is 16.1 Å². The Morgan fingerprint density at radius 1 is 1.21 bits per heavy atom. The van der Waals surface area contributed by atoms with Crippen LogP contribution in [0.2, 0.25) is 0 Å². The lowest BCUT2D eigenvalue weighted by Gasteiger charge is -2.17.